The van der Waals surface area contributed by atoms with Gasteiger partial charge in [0.1, 0.15) is 4.90 Å². The molecule has 0 aliphatic rings. The standard InChI is InChI=1S/C14H11BrN2O2S/c15-13-3-1-2-4-14(13)20(18,19)17-12-7-5-11(6-8-12)9-10-16/h1-8,17H,9H2. The molecule has 102 valence electrons. The third-order valence-electron chi connectivity index (χ3n) is 2.62. The highest BCUT2D eigenvalue weighted by Gasteiger charge is 2.16. The molecule has 6 heteroatoms. The van der Waals surface area contributed by atoms with Gasteiger partial charge in [0, 0.05) is 10.2 Å². The first kappa shape index (κ1) is 14.6. The molecule has 0 aliphatic heterocycles. The smallest absolute Gasteiger partial charge is 0.263 e. The van der Waals surface area contributed by atoms with Gasteiger partial charge in [0.05, 0.1) is 12.5 Å². The van der Waals surface area contributed by atoms with E-state index in [4.69, 9.17) is 5.26 Å². The molecule has 2 aromatic rings. The Balaban J connectivity index is 2.25. The van der Waals surface area contributed by atoms with Crippen LogP contribution in [0.15, 0.2) is 57.9 Å². The average Bonchev–Trinajstić information content (AvgIpc) is 2.41. The molecule has 0 aromatic heterocycles. The molecule has 0 bridgehead atoms. The van der Waals surface area contributed by atoms with E-state index in [1.54, 1.807) is 42.5 Å². The summed E-state index contributed by atoms with van der Waals surface area (Å²) in [6.07, 6.45) is 0.303. The van der Waals surface area contributed by atoms with Crippen molar-refractivity contribution in [1.82, 2.24) is 0 Å². The Morgan fingerprint density at radius 1 is 1.10 bits per heavy atom. The fourth-order valence-electron chi connectivity index (χ4n) is 1.65. The van der Waals surface area contributed by atoms with Crippen LogP contribution in [0, 0.1) is 11.3 Å². The minimum atomic E-state index is -3.63. The molecule has 2 aromatic carbocycles. The Hall–Kier alpha value is -1.84. The molecule has 2 rings (SSSR count). The van der Waals surface area contributed by atoms with Gasteiger partial charge < -0.3 is 0 Å². The molecule has 20 heavy (non-hydrogen) atoms. The van der Waals surface area contributed by atoms with Crippen molar-refractivity contribution in [2.75, 3.05) is 4.72 Å². The molecule has 0 unspecified atom stereocenters. The highest BCUT2D eigenvalue weighted by atomic mass is 79.9. The van der Waals surface area contributed by atoms with E-state index in [9.17, 15) is 8.42 Å². The number of anilines is 1. The van der Waals surface area contributed by atoms with Crippen LogP contribution in [0.5, 0.6) is 0 Å². The lowest BCUT2D eigenvalue weighted by molar-refractivity contribution is 0.601. The second-order valence-electron chi connectivity index (χ2n) is 4.07. The van der Waals surface area contributed by atoms with Crippen LogP contribution in [0.2, 0.25) is 0 Å². The first-order valence-corrected chi connectivity index (χ1v) is 8.04. The van der Waals surface area contributed by atoms with Crippen molar-refractivity contribution in [1.29, 1.82) is 5.26 Å². The maximum absolute atomic E-state index is 12.2. The fraction of sp³-hybridized carbons (Fsp3) is 0.0714. The van der Waals surface area contributed by atoms with Crippen LogP contribution in [0.25, 0.3) is 0 Å². The molecule has 0 radical (unpaired) electrons. The summed E-state index contributed by atoms with van der Waals surface area (Å²) in [5, 5.41) is 8.59. The van der Waals surface area contributed by atoms with Crippen molar-refractivity contribution < 1.29 is 8.42 Å². The third kappa shape index (κ3) is 3.38. The summed E-state index contributed by atoms with van der Waals surface area (Å²) in [5.41, 5.74) is 1.30. The molecule has 0 fully saturated rings. The number of sulfonamides is 1. The lowest BCUT2D eigenvalue weighted by Crippen LogP contribution is -2.13. The Bertz CT molecular complexity index is 749. The summed E-state index contributed by atoms with van der Waals surface area (Å²) in [4.78, 5) is 0.182. The molecule has 0 spiro atoms. The first-order valence-electron chi connectivity index (χ1n) is 5.76. The number of hydrogen-bond donors (Lipinski definition) is 1. The topological polar surface area (TPSA) is 70.0 Å². The number of nitriles is 1. The fourth-order valence-corrected chi connectivity index (χ4v) is 3.72. The summed E-state index contributed by atoms with van der Waals surface area (Å²) < 4.78 is 27.5. The van der Waals surface area contributed by atoms with E-state index in [0.29, 0.717) is 16.6 Å². The van der Waals surface area contributed by atoms with Crippen molar-refractivity contribution >= 4 is 31.6 Å². The molecule has 0 heterocycles. The quantitative estimate of drug-likeness (QED) is 0.919. The molecular formula is C14H11BrN2O2S. The van der Waals surface area contributed by atoms with Gasteiger partial charge in [-0.1, -0.05) is 24.3 Å². The number of rotatable bonds is 4. The molecule has 0 atom stereocenters. The van der Waals surface area contributed by atoms with Crippen LogP contribution >= 0.6 is 15.9 Å². The summed E-state index contributed by atoms with van der Waals surface area (Å²) in [7, 11) is -3.63. The van der Waals surface area contributed by atoms with Crippen LogP contribution in [-0.4, -0.2) is 8.42 Å². The molecule has 0 saturated carbocycles. The molecular weight excluding hydrogens is 340 g/mol. The van der Waals surface area contributed by atoms with Crippen molar-refractivity contribution in [3.8, 4) is 6.07 Å². The van der Waals surface area contributed by atoms with E-state index in [2.05, 4.69) is 20.7 Å². The van der Waals surface area contributed by atoms with E-state index >= 15 is 0 Å². The van der Waals surface area contributed by atoms with Crippen molar-refractivity contribution in [3.63, 3.8) is 0 Å². The van der Waals surface area contributed by atoms with E-state index in [1.165, 1.54) is 6.07 Å². The van der Waals surface area contributed by atoms with Gasteiger partial charge in [-0.2, -0.15) is 5.26 Å². The molecule has 0 saturated heterocycles. The largest absolute Gasteiger partial charge is 0.280 e. The Labute approximate surface area is 126 Å². The number of benzene rings is 2. The molecule has 4 nitrogen and oxygen atoms in total. The van der Waals surface area contributed by atoms with Crippen molar-refractivity contribution in [3.05, 3.63) is 58.6 Å². The van der Waals surface area contributed by atoms with Crippen LogP contribution in [0.4, 0.5) is 5.69 Å². The molecule has 0 amide bonds. The average molecular weight is 351 g/mol. The minimum Gasteiger partial charge on any atom is -0.280 e. The number of hydrogen-bond acceptors (Lipinski definition) is 3. The van der Waals surface area contributed by atoms with Gasteiger partial charge in [-0.05, 0) is 45.8 Å². The monoisotopic (exact) mass is 350 g/mol. The zero-order chi connectivity index (χ0) is 14.6. The van der Waals surface area contributed by atoms with Gasteiger partial charge in [-0.25, -0.2) is 8.42 Å². The summed E-state index contributed by atoms with van der Waals surface area (Å²) in [6.45, 7) is 0. The molecule has 1 N–H and O–H groups in total. The SMILES string of the molecule is N#CCc1ccc(NS(=O)(=O)c2ccccc2Br)cc1. The zero-order valence-electron chi connectivity index (χ0n) is 10.4. The van der Waals surface area contributed by atoms with Crippen LogP contribution in [-0.2, 0) is 16.4 Å². The lowest BCUT2D eigenvalue weighted by atomic mass is 10.1. The van der Waals surface area contributed by atoms with E-state index in [1.807, 2.05) is 6.07 Å². The predicted molar refractivity (Wildman–Crippen MR) is 80.7 cm³/mol. The maximum Gasteiger partial charge on any atom is 0.263 e. The Morgan fingerprint density at radius 2 is 1.75 bits per heavy atom. The first-order chi connectivity index (χ1) is 9.53. The summed E-state index contributed by atoms with van der Waals surface area (Å²) in [6, 6.07) is 15.4. The highest BCUT2D eigenvalue weighted by molar-refractivity contribution is 9.10. The van der Waals surface area contributed by atoms with Gasteiger partial charge in [0.2, 0.25) is 0 Å². The second kappa shape index (κ2) is 6.07. The van der Waals surface area contributed by atoms with Gasteiger partial charge in [-0.15, -0.1) is 0 Å². The summed E-state index contributed by atoms with van der Waals surface area (Å²) in [5.74, 6) is 0. The Morgan fingerprint density at radius 3 is 2.35 bits per heavy atom. The van der Waals surface area contributed by atoms with Gasteiger partial charge >= 0.3 is 0 Å². The van der Waals surface area contributed by atoms with Crippen LogP contribution in [0.1, 0.15) is 5.56 Å². The summed E-state index contributed by atoms with van der Waals surface area (Å²) >= 11 is 3.22. The predicted octanol–water partition coefficient (Wildman–Crippen LogP) is 3.32. The van der Waals surface area contributed by atoms with E-state index < -0.39 is 10.0 Å². The lowest BCUT2D eigenvalue weighted by Gasteiger charge is -2.09. The van der Waals surface area contributed by atoms with Crippen LogP contribution < -0.4 is 4.72 Å². The minimum absolute atomic E-state index is 0.182. The number of halogens is 1. The number of nitrogens with zero attached hydrogens (tertiary/aromatic N) is 1. The van der Waals surface area contributed by atoms with Crippen molar-refractivity contribution in [2.24, 2.45) is 0 Å². The molecule has 0 aliphatic carbocycles. The highest BCUT2D eigenvalue weighted by Crippen LogP contribution is 2.23. The second-order valence-corrected chi connectivity index (χ2v) is 6.57. The third-order valence-corrected chi connectivity index (χ3v) is 5.01. The van der Waals surface area contributed by atoms with Gasteiger partial charge in [0.25, 0.3) is 10.0 Å². The van der Waals surface area contributed by atoms with E-state index in [-0.39, 0.29) is 4.90 Å². The van der Waals surface area contributed by atoms with E-state index in [0.717, 1.165) is 5.56 Å². The zero-order valence-corrected chi connectivity index (χ0v) is 12.8. The van der Waals surface area contributed by atoms with Crippen molar-refractivity contribution in [2.45, 2.75) is 11.3 Å². The van der Waals surface area contributed by atoms with Gasteiger partial charge in [0.15, 0.2) is 0 Å². The maximum atomic E-state index is 12.2. The van der Waals surface area contributed by atoms with Crippen LogP contribution in [0.3, 0.4) is 0 Å². The number of nitrogens with one attached hydrogen (secondary N) is 1. The van der Waals surface area contributed by atoms with Gasteiger partial charge in [-0.3, -0.25) is 4.72 Å². The normalized spacial score (nSPS) is 10.8. The Kier molecular flexibility index (Phi) is 4.42.